The van der Waals surface area contributed by atoms with Crippen LogP contribution in [0.2, 0.25) is 0 Å². The largest absolute Gasteiger partial charge is 0.311 e. The first-order valence-corrected chi connectivity index (χ1v) is 14.6. The van der Waals surface area contributed by atoms with Gasteiger partial charge in [-0.25, -0.2) is 0 Å². The number of allylic oxidation sites excluding steroid dienone is 4. The molecule has 6 aromatic carbocycles. The van der Waals surface area contributed by atoms with E-state index in [0.717, 1.165) is 22.6 Å². The Morgan fingerprint density at radius 3 is 1.07 bits per heavy atom. The molecule has 1 heteroatoms. The SMILES string of the molecule is C=C/C=C\C=C/c1ccc(-c2ccc(N(c3ccc(-c4ccccc4)cc3)c3ccc(-c4ccccc4)cc3)cc2)cc1. The molecule has 0 aliphatic carbocycles. The van der Waals surface area contributed by atoms with Crippen LogP contribution in [0.1, 0.15) is 5.56 Å². The third-order valence-corrected chi connectivity index (χ3v) is 7.48. The molecule has 0 bridgehead atoms. The van der Waals surface area contributed by atoms with Crippen LogP contribution in [0.15, 0.2) is 189 Å². The van der Waals surface area contributed by atoms with E-state index in [9.17, 15) is 0 Å². The standard InChI is InChI=1S/C42H33N/c1-2-3-4-7-12-33-17-19-36(20-18-33)39-25-31-42(32-26-39)43(40-27-21-37(22-28-40)34-13-8-5-9-14-34)41-29-23-38(24-30-41)35-15-10-6-11-16-35/h2-32H,1H2/b4-3-,12-7-. The van der Waals surface area contributed by atoms with Crippen LogP contribution in [-0.4, -0.2) is 0 Å². The zero-order valence-electron chi connectivity index (χ0n) is 24.1. The van der Waals surface area contributed by atoms with Crippen molar-refractivity contribution >= 4 is 23.1 Å². The highest BCUT2D eigenvalue weighted by atomic mass is 15.1. The van der Waals surface area contributed by atoms with E-state index < -0.39 is 0 Å². The molecule has 0 radical (unpaired) electrons. The van der Waals surface area contributed by atoms with Crippen molar-refractivity contribution in [2.45, 2.75) is 0 Å². The summed E-state index contributed by atoms with van der Waals surface area (Å²) in [4.78, 5) is 2.32. The third-order valence-electron chi connectivity index (χ3n) is 7.48. The minimum atomic E-state index is 1.11. The predicted molar refractivity (Wildman–Crippen MR) is 186 cm³/mol. The first-order chi connectivity index (χ1) is 21.3. The Morgan fingerprint density at radius 2 is 0.698 bits per heavy atom. The molecule has 0 saturated carbocycles. The van der Waals surface area contributed by atoms with E-state index in [-0.39, 0.29) is 0 Å². The van der Waals surface area contributed by atoms with Gasteiger partial charge in [-0.05, 0) is 75.3 Å². The van der Waals surface area contributed by atoms with Crippen LogP contribution in [0.5, 0.6) is 0 Å². The number of anilines is 3. The van der Waals surface area contributed by atoms with Gasteiger partial charge in [-0.15, -0.1) is 0 Å². The maximum atomic E-state index is 3.71. The molecule has 6 rings (SSSR count). The van der Waals surface area contributed by atoms with Crippen molar-refractivity contribution in [1.82, 2.24) is 0 Å². The molecule has 0 fully saturated rings. The van der Waals surface area contributed by atoms with Gasteiger partial charge in [0.15, 0.2) is 0 Å². The Labute approximate surface area is 255 Å². The zero-order valence-corrected chi connectivity index (χ0v) is 24.1. The highest BCUT2D eigenvalue weighted by molar-refractivity contribution is 5.81. The predicted octanol–water partition coefficient (Wildman–Crippen LogP) is 11.9. The van der Waals surface area contributed by atoms with Crippen molar-refractivity contribution in [2.24, 2.45) is 0 Å². The average molecular weight is 552 g/mol. The van der Waals surface area contributed by atoms with E-state index in [4.69, 9.17) is 0 Å². The monoisotopic (exact) mass is 551 g/mol. The van der Waals surface area contributed by atoms with Crippen LogP contribution < -0.4 is 4.90 Å². The smallest absolute Gasteiger partial charge is 0.0462 e. The minimum Gasteiger partial charge on any atom is -0.311 e. The van der Waals surface area contributed by atoms with Gasteiger partial charge in [0, 0.05) is 17.1 Å². The molecule has 0 aromatic heterocycles. The lowest BCUT2D eigenvalue weighted by atomic mass is 10.0. The lowest BCUT2D eigenvalue weighted by molar-refractivity contribution is 1.28. The van der Waals surface area contributed by atoms with E-state index in [1.807, 2.05) is 18.2 Å². The highest BCUT2D eigenvalue weighted by Crippen LogP contribution is 2.37. The van der Waals surface area contributed by atoms with Gasteiger partial charge in [-0.1, -0.05) is 158 Å². The van der Waals surface area contributed by atoms with Crippen molar-refractivity contribution in [1.29, 1.82) is 0 Å². The molecule has 0 atom stereocenters. The van der Waals surface area contributed by atoms with Crippen molar-refractivity contribution in [3.05, 3.63) is 194 Å². The van der Waals surface area contributed by atoms with Crippen LogP contribution >= 0.6 is 0 Å². The van der Waals surface area contributed by atoms with Gasteiger partial charge in [0.1, 0.15) is 0 Å². The van der Waals surface area contributed by atoms with Gasteiger partial charge < -0.3 is 4.90 Å². The fraction of sp³-hybridized carbons (Fsp3) is 0. The van der Waals surface area contributed by atoms with E-state index in [1.54, 1.807) is 6.08 Å². The molecular weight excluding hydrogens is 518 g/mol. The second-order valence-electron chi connectivity index (χ2n) is 10.3. The molecule has 0 heterocycles. The van der Waals surface area contributed by atoms with Gasteiger partial charge in [0.25, 0.3) is 0 Å². The van der Waals surface area contributed by atoms with Crippen LogP contribution in [0, 0.1) is 0 Å². The summed E-state index contributed by atoms with van der Waals surface area (Å²) >= 11 is 0. The topological polar surface area (TPSA) is 3.24 Å². The Kier molecular flexibility index (Phi) is 8.53. The van der Waals surface area contributed by atoms with Crippen LogP contribution in [-0.2, 0) is 0 Å². The fourth-order valence-corrected chi connectivity index (χ4v) is 5.21. The number of hydrogen-bond acceptors (Lipinski definition) is 1. The molecule has 43 heavy (non-hydrogen) atoms. The number of rotatable bonds is 9. The molecule has 0 saturated heterocycles. The van der Waals surface area contributed by atoms with E-state index >= 15 is 0 Å². The van der Waals surface area contributed by atoms with Gasteiger partial charge in [-0.3, -0.25) is 0 Å². The summed E-state index contributed by atoms with van der Waals surface area (Å²) in [6, 6.07) is 56.1. The number of benzene rings is 6. The molecule has 0 unspecified atom stereocenters. The lowest BCUT2D eigenvalue weighted by Gasteiger charge is -2.26. The number of nitrogens with zero attached hydrogens (tertiary/aromatic N) is 1. The van der Waals surface area contributed by atoms with Gasteiger partial charge in [0.05, 0.1) is 0 Å². The summed E-state index contributed by atoms with van der Waals surface area (Å²) in [6.07, 6.45) is 9.80. The summed E-state index contributed by atoms with van der Waals surface area (Å²) in [5.74, 6) is 0. The van der Waals surface area contributed by atoms with Gasteiger partial charge in [0.2, 0.25) is 0 Å². The molecule has 0 spiro atoms. The Morgan fingerprint density at radius 1 is 0.349 bits per heavy atom. The first-order valence-electron chi connectivity index (χ1n) is 14.6. The second-order valence-corrected chi connectivity index (χ2v) is 10.3. The van der Waals surface area contributed by atoms with Crippen LogP contribution in [0.25, 0.3) is 39.5 Å². The van der Waals surface area contributed by atoms with Crippen molar-refractivity contribution < 1.29 is 0 Å². The maximum absolute atomic E-state index is 3.71. The molecular formula is C42H33N. The summed E-state index contributed by atoms with van der Waals surface area (Å²) in [5.41, 5.74) is 11.7. The van der Waals surface area contributed by atoms with Crippen LogP contribution in [0.3, 0.4) is 0 Å². The fourth-order valence-electron chi connectivity index (χ4n) is 5.21. The molecule has 1 nitrogen and oxygen atoms in total. The molecule has 0 aliphatic heterocycles. The third kappa shape index (κ3) is 6.64. The Bertz CT molecular complexity index is 1730. The first kappa shape index (κ1) is 27.5. The lowest BCUT2D eigenvalue weighted by Crippen LogP contribution is -2.09. The minimum absolute atomic E-state index is 1.11. The quantitative estimate of drug-likeness (QED) is 0.162. The normalized spacial score (nSPS) is 11.2. The van der Waals surface area contributed by atoms with Crippen LogP contribution in [0.4, 0.5) is 17.1 Å². The maximum Gasteiger partial charge on any atom is 0.0462 e. The summed E-state index contributed by atoms with van der Waals surface area (Å²) in [6.45, 7) is 3.71. The van der Waals surface area contributed by atoms with Crippen molar-refractivity contribution in [3.63, 3.8) is 0 Å². The Hall–Kier alpha value is -5.66. The summed E-state index contributed by atoms with van der Waals surface area (Å²) in [7, 11) is 0. The zero-order chi connectivity index (χ0) is 29.3. The molecule has 6 aromatic rings. The van der Waals surface area contributed by atoms with E-state index in [1.165, 1.54) is 33.4 Å². The van der Waals surface area contributed by atoms with E-state index in [2.05, 4.69) is 175 Å². The van der Waals surface area contributed by atoms with Crippen molar-refractivity contribution in [3.8, 4) is 33.4 Å². The average Bonchev–Trinajstić information content (AvgIpc) is 3.09. The molecule has 0 aliphatic rings. The van der Waals surface area contributed by atoms with E-state index in [0.29, 0.717) is 0 Å². The van der Waals surface area contributed by atoms with Gasteiger partial charge in [-0.2, -0.15) is 0 Å². The second kappa shape index (κ2) is 13.3. The molecule has 0 N–H and O–H groups in total. The Balaban J connectivity index is 1.31. The highest BCUT2D eigenvalue weighted by Gasteiger charge is 2.13. The summed E-state index contributed by atoms with van der Waals surface area (Å²) < 4.78 is 0. The van der Waals surface area contributed by atoms with Crippen molar-refractivity contribution in [2.75, 3.05) is 4.90 Å². The summed E-state index contributed by atoms with van der Waals surface area (Å²) in [5, 5.41) is 0. The molecule has 0 amide bonds. The molecule has 206 valence electrons. The number of hydrogen-bond donors (Lipinski definition) is 0. The van der Waals surface area contributed by atoms with Gasteiger partial charge >= 0.3 is 0 Å².